The molecule has 4 heteroatoms. The van der Waals surface area contributed by atoms with E-state index >= 15 is 0 Å². The smallest absolute Gasteiger partial charge is 0.175 e. The first-order valence-electron chi connectivity index (χ1n) is 9.30. The van der Waals surface area contributed by atoms with Gasteiger partial charge in [-0.2, -0.15) is 0 Å². The van der Waals surface area contributed by atoms with Crippen molar-refractivity contribution >= 4 is 31.4 Å². The molecule has 2 N–H and O–H groups in total. The van der Waals surface area contributed by atoms with E-state index in [9.17, 15) is 8.42 Å². The molecule has 3 nitrogen and oxygen atoms in total. The first-order chi connectivity index (χ1) is 13.1. The SMILES string of the molecule is NC1CCCc2ccc3c(ccc4ccccc43)c21.O=S1(=O)C=CC=CC1. The molecule has 3 aromatic carbocycles. The van der Waals surface area contributed by atoms with Crippen molar-refractivity contribution in [3.63, 3.8) is 0 Å². The summed E-state index contributed by atoms with van der Waals surface area (Å²) in [6.45, 7) is 0. The van der Waals surface area contributed by atoms with E-state index in [0.717, 1.165) is 6.42 Å². The van der Waals surface area contributed by atoms with Gasteiger partial charge >= 0.3 is 0 Å². The van der Waals surface area contributed by atoms with Crippen LogP contribution in [0.5, 0.6) is 0 Å². The number of sulfone groups is 1. The Morgan fingerprint density at radius 3 is 2.44 bits per heavy atom. The fourth-order valence-electron chi connectivity index (χ4n) is 3.96. The van der Waals surface area contributed by atoms with E-state index in [1.807, 2.05) is 0 Å². The molecule has 1 atom stereocenters. The molecule has 1 aliphatic carbocycles. The standard InChI is InChI=1S/C18H17N.C5H6O2S/c19-17-7-3-5-13-9-10-15-14-6-2-1-4-12(14)8-11-16(15)18(13)17;6-8(7)4-2-1-3-5-8/h1-2,4,6,8-11,17H,3,5,7,19H2;1-4H,5H2. The van der Waals surface area contributed by atoms with Gasteiger partial charge in [0.25, 0.3) is 0 Å². The molecule has 0 saturated heterocycles. The van der Waals surface area contributed by atoms with Gasteiger partial charge in [0.05, 0.1) is 5.75 Å². The summed E-state index contributed by atoms with van der Waals surface area (Å²) in [5, 5.41) is 6.55. The van der Waals surface area contributed by atoms with Crippen LogP contribution < -0.4 is 5.73 Å². The minimum Gasteiger partial charge on any atom is -0.324 e. The van der Waals surface area contributed by atoms with Gasteiger partial charge in [0.2, 0.25) is 0 Å². The molecule has 2 aliphatic rings. The summed E-state index contributed by atoms with van der Waals surface area (Å²) in [5.41, 5.74) is 9.19. The zero-order valence-corrected chi connectivity index (χ0v) is 16.0. The maximum Gasteiger partial charge on any atom is 0.175 e. The Morgan fingerprint density at radius 2 is 1.70 bits per heavy atom. The number of allylic oxidation sites excluding steroid dienone is 2. The van der Waals surface area contributed by atoms with Gasteiger partial charge < -0.3 is 5.73 Å². The summed E-state index contributed by atoms with van der Waals surface area (Å²) in [4.78, 5) is 0. The van der Waals surface area contributed by atoms with Crippen molar-refractivity contribution in [3.8, 4) is 0 Å². The second kappa shape index (κ2) is 7.29. The summed E-state index contributed by atoms with van der Waals surface area (Å²) in [6.07, 6.45) is 8.37. The second-order valence-electron chi connectivity index (χ2n) is 7.11. The third-order valence-electron chi connectivity index (χ3n) is 5.25. The molecular weight excluding hydrogens is 354 g/mol. The average Bonchev–Trinajstić information content (AvgIpc) is 2.68. The zero-order chi connectivity index (χ0) is 18.9. The zero-order valence-electron chi connectivity index (χ0n) is 15.1. The van der Waals surface area contributed by atoms with Crippen molar-refractivity contribution in [1.82, 2.24) is 0 Å². The van der Waals surface area contributed by atoms with Crippen LogP contribution >= 0.6 is 0 Å². The van der Waals surface area contributed by atoms with Crippen LogP contribution in [0, 0.1) is 0 Å². The monoisotopic (exact) mass is 377 g/mol. The first kappa shape index (κ1) is 18.0. The van der Waals surface area contributed by atoms with Gasteiger partial charge in [-0.25, -0.2) is 8.42 Å². The van der Waals surface area contributed by atoms with Crippen LogP contribution in [0.25, 0.3) is 21.5 Å². The van der Waals surface area contributed by atoms with Crippen molar-refractivity contribution < 1.29 is 8.42 Å². The lowest BCUT2D eigenvalue weighted by molar-refractivity contribution is 0.575. The highest BCUT2D eigenvalue weighted by Gasteiger charge is 2.19. The maximum absolute atomic E-state index is 10.5. The Morgan fingerprint density at radius 1 is 0.889 bits per heavy atom. The van der Waals surface area contributed by atoms with E-state index < -0.39 is 9.84 Å². The summed E-state index contributed by atoms with van der Waals surface area (Å²) in [7, 11) is -2.85. The number of nitrogens with two attached hydrogens (primary N) is 1. The van der Waals surface area contributed by atoms with Gasteiger partial charge in [-0.15, -0.1) is 0 Å². The van der Waals surface area contributed by atoms with E-state index in [-0.39, 0.29) is 11.8 Å². The number of hydrogen-bond acceptors (Lipinski definition) is 3. The number of fused-ring (bicyclic) bond motifs is 5. The molecule has 0 amide bonds. The van der Waals surface area contributed by atoms with Crippen LogP contribution in [0.2, 0.25) is 0 Å². The number of benzene rings is 3. The van der Waals surface area contributed by atoms with Crippen molar-refractivity contribution in [2.75, 3.05) is 5.75 Å². The third kappa shape index (κ3) is 3.68. The summed E-state index contributed by atoms with van der Waals surface area (Å²) >= 11 is 0. The molecule has 0 saturated carbocycles. The van der Waals surface area contributed by atoms with Crippen LogP contribution in [-0.2, 0) is 16.3 Å². The highest BCUT2D eigenvalue weighted by atomic mass is 32.2. The molecule has 0 fully saturated rings. The molecule has 0 bridgehead atoms. The maximum atomic E-state index is 10.5. The molecular formula is C23H23NO2S. The second-order valence-corrected chi connectivity index (χ2v) is 9.04. The predicted octanol–water partition coefficient (Wildman–Crippen LogP) is 4.81. The molecule has 1 heterocycles. The molecule has 0 spiro atoms. The lowest BCUT2D eigenvalue weighted by atomic mass is 9.84. The van der Waals surface area contributed by atoms with E-state index in [1.165, 1.54) is 57.0 Å². The fraction of sp³-hybridized carbons (Fsp3) is 0.217. The molecule has 3 aromatic rings. The summed E-state index contributed by atoms with van der Waals surface area (Å²) in [5.74, 6) is 0.156. The normalized spacial score (nSPS) is 20.1. The van der Waals surface area contributed by atoms with Crippen molar-refractivity contribution in [3.05, 3.63) is 83.3 Å². The minimum atomic E-state index is -2.85. The van der Waals surface area contributed by atoms with Crippen LogP contribution in [0.4, 0.5) is 0 Å². The molecule has 0 radical (unpaired) electrons. The van der Waals surface area contributed by atoms with Crippen LogP contribution in [-0.4, -0.2) is 14.2 Å². The fourth-order valence-corrected chi connectivity index (χ4v) is 4.78. The lowest BCUT2D eigenvalue weighted by Crippen LogP contribution is -2.17. The first-order valence-corrected chi connectivity index (χ1v) is 11.0. The van der Waals surface area contributed by atoms with Crippen LogP contribution in [0.3, 0.4) is 0 Å². The van der Waals surface area contributed by atoms with E-state index in [0.29, 0.717) is 0 Å². The molecule has 1 aliphatic heterocycles. The van der Waals surface area contributed by atoms with Gasteiger partial charge in [0.15, 0.2) is 9.84 Å². The van der Waals surface area contributed by atoms with E-state index in [1.54, 1.807) is 12.2 Å². The highest BCUT2D eigenvalue weighted by molar-refractivity contribution is 7.94. The van der Waals surface area contributed by atoms with E-state index in [2.05, 4.69) is 48.5 Å². The van der Waals surface area contributed by atoms with Crippen LogP contribution in [0.15, 0.2) is 72.2 Å². The topological polar surface area (TPSA) is 60.2 Å². The largest absolute Gasteiger partial charge is 0.324 e. The number of hydrogen-bond donors (Lipinski definition) is 1. The highest BCUT2D eigenvalue weighted by Crippen LogP contribution is 2.36. The predicted molar refractivity (Wildman–Crippen MR) is 113 cm³/mol. The molecule has 0 aromatic heterocycles. The Kier molecular flexibility index (Phi) is 4.85. The molecule has 138 valence electrons. The Hall–Kier alpha value is -2.43. The number of rotatable bonds is 0. The van der Waals surface area contributed by atoms with Gasteiger partial charge in [-0.3, -0.25) is 0 Å². The molecule has 27 heavy (non-hydrogen) atoms. The quantitative estimate of drug-likeness (QED) is 0.572. The van der Waals surface area contributed by atoms with Crippen molar-refractivity contribution in [2.24, 2.45) is 5.73 Å². The van der Waals surface area contributed by atoms with Gasteiger partial charge in [0.1, 0.15) is 0 Å². The van der Waals surface area contributed by atoms with Gasteiger partial charge in [-0.05, 0) is 51.9 Å². The van der Waals surface area contributed by atoms with E-state index in [4.69, 9.17) is 5.73 Å². The van der Waals surface area contributed by atoms with Crippen molar-refractivity contribution in [2.45, 2.75) is 25.3 Å². The Labute approximate surface area is 160 Å². The Bertz CT molecular complexity index is 1160. The van der Waals surface area contributed by atoms with Crippen molar-refractivity contribution in [1.29, 1.82) is 0 Å². The van der Waals surface area contributed by atoms with Gasteiger partial charge in [-0.1, -0.05) is 66.8 Å². The number of aryl methyl sites for hydroxylation is 1. The lowest BCUT2D eigenvalue weighted by Gasteiger charge is -2.24. The minimum absolute atomic E-state index is 0.156. The van der Waals surface area contributed by atoms with Gasteiger partial charge in [0, 0.05) is 11.4 Å². The Balaban J connectivity index is 0.000000190. The summed E-state index contributed by atoms with van der Waals surface area (Å²) < 4.78 is 21.0. The van der Waals surface area contributed by atoms with Crippen LogP contribution in [0.1, 0.15) is 30.0 Å². The summed E-state index contributed by atoms with van der Waals surface area (Å²) in [6, 6.07) is 17.8. The molecule has 1 unspecified atom stereocenters. The average molecular weight is 378 g/mol. The molecule has 5 rings (SSSR count). The third-order valence-corrected chi connectivity index (χ3v) is 6.48.